The molecule has 2 aromatic heterocycles. The van der Waals surface area contributed by atoms with E-state index in [9.17, 15) is 18.0 Å². The molecule has 1 aromatic carbocycles. The number of fused-ring (bicyclic) bond motifs is 1. The minimum atomic E-state index is -4.49. The molecule has 0 aliphatic heterocycles. The predicted octanol–water partition coefficient (Wildman–Crippen LogP) is 6.40. The maximum absolute atomic E-state index is 13.4. The number of aromatic nitrogens is 3. The number of halogens is 3. The quantitative estimate of drug-likeness (QED) is 0.367. The van der Waals surface area contributed by atoms with Gasteiger partial charge in [-0.2, -0.15) is 13.2 Å². The molecular formula is C25H29F3N4O. The van der Waals surface area contributed by atoms with Crippen LogP contribution in [-0.4, -0.2) is 31.9 Å². The zero-order chi connectivity index (χ0) is 23.4. The van der Waals surface area contributed by atoms with E-state index < -0.39 is 17.6 Å². The van der Waals surface area contributed by atoms with E-state index in [4.69, 9.17) is 4.98 Å². The first-order chi connectivity index (χ1) is 15.9. The molecular weight excluding hydrogens is 429 g/mol. The van der Waals surface area contributed by atoms with Crippen molar-refractivity contribution in [2.45, 2.75) is 70.6 Å². The van der Waals surface area contributed by atoms with Gasteiger partial charge < -0.3 is 9.47 Å². The average molecular weight is 459 g/mol. The van der Waals surface area contributed by atoms with E-state index in [1.54, 1.807) is 11.1 Å². The Balaban J connectivity index is 1.68. The third kappa shape index (κ3) is 5.20. The van der Waals surface area contributed by atoms with Crippen molar-refractivity contribution in [1.29, 1.82) is 0 Å². The van der Waals surface area contributed by atoms with Crippen LogP contribution in [0.5, 0.6) is 0 Å². The summed E-state index contributed by atoms with van der Waals surface area (Å²) in [6.45, 7) is 2.78. The lowest BCUT2D eigenvalue weighted by molar-refractivity contribution is -0.137. The molecule has 1 amide bonds. The van der Waals surface area contributed by atoms with Gasteiger partial charge in [0.1, 0.15) is 11.3 Å². The number of hydrogen-bond donors (Lipinski definition) is 0. The van der Waals surface area contributed by atoms with Crippen molar-refractivity contribution in [3.63, 3.8) is 0 Å². The van der Waals surface area contributed by atoms with Gasteiger partial charge in [0.15, 0.2) is 5.65 Å². The van der Waals surface area contributed by atoms with Gasteiger partial charge in [-0.15, -0.1) is 0 Å². The Morgan fingerprint density at radius 3 is 2.67 bits per heavy atom. The number of alkyl halides is 3. The van der Waals surface area contributed by atoms with Gasteiger partial charge in [0.05, 0.1) is 12.1 Å². The molecule has 0 unspecified atom stereocenters. The normalized spacial score (nSPS) is 14.8. The average Bonchev–Trinajstić information content (AvgIpc) is 3.45. The van der Waals surface area contributed by atoms with Crippen LogP contribution in [0.15, 0.2) is 42.6 Å². The lowest BCUT2D eigenvalue weighted by Gasteiger charge is -2.25. The molecule has 1 aliphatic rings. The van der Waals surface area contributed by atoms with Gasteiger partial charge in [-0.3, -0.25) is 4.79 Å². The van der Waals surface area contributed by atoms with E-state index >= 15 is 0 Å². The fourth-order valence-corrected chi connectivity index (χ4v) is 4.62. The number of hydrogen-bond acceptors (Lipinski definition) is 3. The molecule has 0 radical (unpaired) electrons. The standard InChI is InChI=1S/C25H29F3N4O/c1-2-3-6-15-31(24(33)18-9-7-10-19(16-18)25(26,27)28)17-22-30-21-13-8-14-29-23(21)32(22)20-11-4-5-12-20/h7-10,13-14,16,20H,2-6,11-12,15,17H2,1H3. The SMILES string of the molecule is CCCCCN(Cc1nc2cccnc2n1C1CCCC1)C(=O)c1cccc(C(F)(F)F)c1. The number of benzene rings is 1. The molecule has 2 heterocycles. The van der Waals surface area contributed by atoms with Gasteiger partial charge in [-0.25, -0.2) is 9.97 Å². The Morgan fingerprint density at radius 2 is 1.94 bits per heavy atom. The number of pyridine rings is 1. The number of carbonyl (C=O) groups excluding carboxylic acids is 1. The summed E-state index contributed by atoms with van der Waals surface area (Å²) in [6, 6.07) is 8.70. The van der Waals surface area contributed by atoms with Gasteiger partial charge >= 0.3 is 6.18 Å². The van der Waals surface area contributed by atoms with Crippen LogP contribution in [-0.2, 0) is 12.7 Å². The Bertz CT molecular complexity index is 1100. The van der Waals surface area contributed by atoms with Crippen molar-refractivity contribution >= 4 is 17.1 Å². The molecule has 5 nitrogen and oxygen atoms in total. The highest BCUT2D eigenvalue weighted by atomic mass is 19.4. The Kier molecular flexibility index (Phi) is 7.00. The van der Waals surface area contributed by atoms with E-state index in [1.807, 2.05) is 12.1 Å². The highest BCUT2D eigenvalue weighted by Crippen LogP contribution is 2.34. The monoisotopic (exact) mass is 458 g/mol. The molecule has 3 aromatic rings. The third-order valence-corrected chi connectivity index (χ3v) is 6.30. The Labute approximate surface area is 191 Å². The van der Waals surface area contributed by atoms with Crippen LogP contribution in [0.25, 0.3) is 11.2 Å². The first-order valence-corrected chi connectivity index (χ1v) is 11.7. The van der Waals surface area contributed by atoms with Crippen LogP contribution >= 0.6 is 0 Å². The minimum Gasteiger partial charge on any atom is -0.331 e. The summed E-state index contributed by atoms with van der Waals surface area (Å²) in [7, 11) is 0. The van der Waals surface area contributed by atoms with Crippen molar-refractivity contribution in [3.05, 3.63) is 59.5 Å². The lowest BCUT2D eigenvalue weighted by atomic mass is 10.1. The van der Waals surface area contributed by atoms with Gasteiger partial charge in [-0.05, 0) is 49.6 Å². The first kappa shape index (κ1) is 23.3. The van der Waals surface area contributed by atoms with E-state index in [0.717, 1.165) is 74.1 Å². The summed E-state index contributed by atoms with van der Waals surface area (Å²) in [6.07, 6.45) is 4.29. The summed E-state index contributed by atoms with van der Waals surface area (Å²) in [5.74, 6) is 0.336. The fourth-order valence-electron chi connectivity index (χ4n) is 4.62. The second kappa shape index (κ2) is 9.93. The Hall–Kier alpha value is -2.90. The first-order valence-electron chi connectivity index (χ1n) is 11.7. The van der Waals surface area contributed by atoms with E-state index in [2.05, 4.69) is 16.5 Å². The van der Waals surface area contributed by atoms with Crippen LogP contribution in [0.1, 0.15) is 79.7 Å². The van der Waals surface area contributed by atoms with Gasteiger partial charge in [0, 0.05) is 24.3 Å². The van der Waals surface area contributed by atoms with Crippen molar-refractivity contribution in [1.82, 2.24) is 19.4 Å². The molecule has 33 heavy (non-hydrogen) atoms. The molecule has 176 valence electrons. The lowest BCUT2D eigenvalue weighted by Crippen LogP contribution is -2.33. The van der Waals surface area contributed by atoms with Crippen LogP contribution in [0.3, 0.4) is 0 Å². The van der Waals surface area contributed by atoms with E-state index in [0.29, 0.717) is 6.54 Å². The van der Waals surface area contributed by atoms with Crippen LogP contribution in [0.2, 0.25) is 0 Å². The van der Waals surface area contributed by atoms with Gasteiger partial charge in [0.2, 0.25) is 0 Å². The maximum atomic E-state index is 13.4. The van der Waals surface area contributed by atoms with Crippen molar-refractivity contribution in [2.75, 3.05) is 6.54 Å². The van der Waals surface area contributed by atoms with E-state index in [1.165, 1.54) is 12.1 Å². The summed E-state index contributed by atoms with van der Waals surface area (Å²) < 4.78 is 41.8. The van der Waals surface area contributed by atoms with Crippen molar-refractivity contribution < 1.29 is 18.0 Å². The van der Waals surface area contributed by atoms with Crippen molar-refractivity contribution in [3.8, 4) is 0 Å². The molecule has 0 spiro atoms. The predicted molar refractivity (Wildman–Crippen MR) is 121 cm³/mol. The second-order valence-corrected chi connectivity index (χ2v) is 8.69. The molecule has 4 rings (SSSR count). The smallest absolute Gasteiger partial charge is 0.331 e. The van der Waals surface area contributed by atoms with Gasteiger partial charge in [-0.1, -0.05) is 38.7 Å². The minimum absolute atomic E-state index is 0.0444. The maximum Gasteiger partial charge on any atom is 0.416 e. The Morgan fingerprint density at radius 1 is 1.15 bits per heavy atom. The molecule has 0 saturated heterocycles. The zero-order valence-corrected chi connectivity index (χ0v) is 18.8. The van der Waals surface area contributed by atoms with E-state index in [-0.39, 0.29) is 18.2 Å². The molecule has 0 atom stereocenters. The third-order valence-electron chi connectivity index (χ3n) is 6.30. The number of imidazole rings is 1. The summed E-state index contributed by atoms with van der Waals surface area (Å²) in [5.41, 5.74) is 0.811. The number of rotatable bonds is 8. The number of carbonyl (C=O) groups is 1. The summed E-state index contributed by atoms with van der Waals surface area (Å²) >= 11 is 0. The van der Waals surface area contributed by atoms with Crippen molar-refractivity contribution in [2.24, 2.45) is 0 Å². The van der Waals surface area contributed by atoms with Crippen LogP contribution in [0.4, 0.5) is 13.2 Å². The highest BCUT2D eigenvalue weighted by molar-refractivity contribution is 5.94. The van der Waals surface area contributed by atoms with Gasteiger partial charge in [0.25, 0.3) is 5.91 Å². The molecule has 1 aliphatic carbocycles. The summed E-state index contributed by atoms with van der Waals surface area (Å²) in [5, 5.41) is 0. The van der Waals surface area contributed by atoms with Crippen LogP contribution < -0.4 is 0 Å². The number of unbranched alkanes of at least 4 members (excludes halogenated alkanes) is 2. The highest BCUT2D eigenvalue weighted by Gasteiger charge is 2.32. The molecule has 8 heteroatoms. The number of amides is 1. The fraction of sp³-hybridized carbons (Fsp3) is 0.480. The molecule has 1 fully saturated rings. The summed E-state index contributed by atoms with van der Waals surface area (Å²) in [4.78, 5) is 24.3. The molecule has 0 bridgehead atoms. The topological polar surface area (TPSA) is 51.0 Å². The second-order valence-electron chi connectivity index (χ2n) is 8.69. The zero-order valence-electron chi connectivity index (χ0n) is 18.8. The molecule has 1 saturated carbocycles. The van der Waals surface area contributed by atoms with Crippen LogP contribution in [0, 0.1) is 0 Å². The molecule has 0 N–H and O–H groups in total. The number of nitrogens with zero attached hydrogens (tertiary/aromatic N) is 4. The largest absolute Gasteiger partial charge is 0.416 e.